The van der Waals surface area contributed by atoms with Gasteiger partial charge in [0.05, 0.1) is 5.69 Å². The Morgan fingerprint density at radius 1 is 1.18 bits per heavy atom. The third-order valence-corrected chi connectivity index (χ3v) is 5.93. The summed E-state index contributed by atoms with van der Waals surface area (Å²) < 4.78 is 0. The van der Waals surface area contributed by atoms with Crippen molar-refractivity contribution in [2.24, 2.45) is 0 Å². The van der Waals surface area contributed by atoms with Crippen LogP contribution in [0.4, 0.5) is 5.69 Å². The van der Waals surface area contributed by atoms with Gasteiger partial charge < -0.3 is 14.7 Å². The number of amides is 1. The summed E-state index contributed by atoms with van der Waals surface area (Å²) in [5.41, 5.74) is 3.97. The summed E-state index contributed by atoms with van der Waals surface area (Å²) in [7, 11) is 6.14. The summed E-state index contributed by atoms with van der Waals surface area (Å²) in [6.07, 6.45) is 5.01. The van der Waals surface area contributed by atoms with E-state index in [1.807, 2.05) is 54.4 Å². The SMILES string of the molecule is CN1CCC(c2ncc3c(n2)CCN(C(=O)c2cccc(N(C)C)c2)C3)CC1. The van der Waals surface area contributed by atoms with Gasteiger partial charge in [-0.1, -0.05) is 6.07 Å². The van der Waals surface area contributed by atoms with Gasteiger partial charge in [-0.15, -0.1) is 0 Å². The predicted molar refractivity (Wildman–Crippen MR) is 111 cm³/mol. The van der Waals surface area contributed by atoms with Crippen LogP contribution < -0.4 is 4.90 Å². The van der Waals surface area contributed by atoms with Crippen molar-refractivity contribution < 1.29 is 4.79 Å². The van der Waals surface area contributed by atoms with Crippen molar-refractivity contribution >= 4 is 11.6 Å². The molecule has 6 heteroatoms. The Bertz CT molecular complexity index is 858. The average molecular weight is 380 g/mol. The van der Waals surface area contributed by atoms with E-state index in [-0.39, 0.29) is 5.91 Å². The molecule has 2 aromatic rings. The predicted octanol–water partition coefficient (Wildman–Crippen LogP) is 2.55. The van der Waals surface area contributed by atoms with E-state index in [0.29, 0.717) is 19.0 Å². The fraction of sp³-hybridized carbons (Fsp3) is 0.500. The Morgan fingerprint density at radius 2 is 1.96 bits per heavy atom. The van der Waals surface area contributed by atoms with Gasteiger partial charge in [0.15, 0.2) is 0 Å². The number of fused-ring (bicyclic) bond motifs is 1. The molecule has 4 rings (SSSR count). The van der Waals surface area contributed by atoms with E-state index < -0.39 is 0 Å². The highest BCUT2D eigenvalue weighted by Crippen LogP contribution is 2.27. The van der Waals surface area contributed by atoms with Crippen LogP contribution >= 0.6 is 0 Å². The molecule has 0 radical (unpaired) electrons. The first-order valence-electron chi connectivity index (χ1n) is 10.1. The minimum Gasteiger partial charge on any atom is -0.378 e. The van der Waals surface area contributed by atoms with Crippen LogP contribution in [0.2, 0.25) is 0 Å². The van der Waals surface area contributed by atoms with Crippen molar-refractivity contribution in [1.82, 2.24) is 19.8 Å². The summed E-state index contributed by atoms with van der Waals surface area (Å²) in [6, 6.07) is 7.81. The minimum atomic E-state index is 0.0775. The van der Waals surface area contributed by atoms with Gasteiger partial charge in [-0.3, -0.25) is 4.79 Å². The molecule has 0 spiro atoms. The molecule has 28 heavy (non-hydrogen) atoms. The minimum absolute atomic E-state index is 0.0775. The maximum Gasteiger partial charge on any atom is 0.254 e. The smallest absolute Gasteiger partial charge is 0.254 e. The van der Waals surface area contributed by atoms with Gasteiger partial charge in [-0.2, -0.15) is 0 Å². The molecule has 0 N–H and O–H groups in total. The number of benzene rings is 1. The van der Waals surface area contributed by atoms with Crippen LogP contribution in [0, 0.1) is 0 Å². The standard InChI is InChI=1S/C22H29N5O/c1-25(2)19-6-4-5-17(13-19)22(28)27-12-9-20-18(15-27)14-23-21(24-20)16-7-10-26(3)11-8-16/h4-6,13-14,16H,7-12,15H2,1-3H3. The van der Waals surface area contributed by atoms with E-state index in [1.54, 1.807) is 0 Å². The van der Waals surface area contributed by atoms with Crippen molar-refractivity contribution in [1.29, 1.82) is 0 Å². The first-order valence-corrected chi connectivity index (χ1v) is 10.1. The molecule has 1 saturated heterocycles. The second kappa shape index (κ2) is 7.87. The summed E-state index contributed by atoms with van der Waals surface area (Å²) in [6.45, 7) is 3.52. The number of anilines is 1. The van der Waals surface area contributed by atoms with Crippen molar-refractivity contribution in [3.8, 4) is 0 Å². The highest BCUT2D eigenvalue weighted by molar-refractivity contribution is 5.95. The van der Waals surface area contributed by atoms with Crippen LogP contribution in [0.15, 0.2) is 30.5 Å². The van der Waals surface area contributed by atoms with Crippen molar-refractivity contribution in [2.45, 2.75) is 31.7 Å². The molecule has 0 saturated carbocycles. The quantitative estimate of drug-likeness (QED) is 0.820. The van der Waals surface area contributed by atoms with Gasteiger partial charge in [-0.05, 0) is 51.2 Å². The zero-order chi connectivity index (χ0) is 19.7. The van der Waals surface area contributed by atoms with Crippen LogP contribution in [0.5, 0.6) is 0 Å². The van der Waals surface area contributed by atoms with Crippen molar-refractivity contribution in [2.75, 3.05) is 45.7 Å². The average Bonchev–Trinajstić information content (AvgIpc) is 2.73. The number of carbonyl (C=O) groups is 1. The van der Waals surface area contributed by atoms with Crippen LogP contribution in [0.3, 0.4) is 0 Å². The van der Waals surface area contributed by atoms with Gasteiger partial charge in [0.2, 0.25) is 0 Å². The van der Waals surface area contributed by atoms with E-state index in [4.69, 9.17) is 4.98 Å². The first-order chi connectivity index (χ1) is 13.5. The molecule has 148 valence electrons. The molecule has 2 aliphatic heterocycles. The van der Waals surface area contributed by atoms with Crippen molar-refractivity contribution in [3.05, 3.63) is 53.1 Å². The van der Waals surface area contributed by atoms with E-state index in [0.717, 1.165) is 60.7 Å². The highest BCUT2D eigenvalue weighted by atomic mass is 16.2. The fourth-order valence-corrected chi connectivity index (χ4v) is 4.07. The normalized spacial score (nSPS) is 18.0. The van der Waals surface area contributed by atoms with Gasteiger partial charge >= 0.3 is 0 Å². The van der Waals surface area contributed by atoms with E-state index in [2.05, 4.69) is 16.9 Å². The molecular weight excluding hydrogens is 350 g/mol. The Labute approximate surface area is 167 Å². The van der Waals surface area contributed by atoms with Crippen molar-refractivity contribution in [3.63, 3.8) is 0 Å². The van der Waals surface area contributed by atoms with E-state index in [9.17, 15) is 4.79 Å². The number of aromatic nitrogens is 2. The Balaban J connectivity index is 1.47. The molecule has 0 bridgehead atoms. The largest absolute Gasteiger partial charge is 0.378 e. The van der Waals surface area contributed by atoms with Crippen LogP contribution in [-0.2, 0) is 13.0 Å². The van der Waals surface area contributed by atoms with Crippen LogP contribution in [0.25, 0.3) is 0 Å². The van der Waals surface area contributed by atoms with Gasteiger partial charge in [-0.25, -0.2) is 9.97 Å². The number of likely N-dealkylation sites (tertiary alicyclic amines) is 1. The molecule has 0 aliphatic carbocycles. The zero-order valence-corrected chi connectivity index (χ0v) is 17.1. The van der Waals surface area contributed by atoms with Gasteiger partial charge in [0, 0.05) is 62.5 Å². The molecule has 6 nitrogen and oxygen atoms in total. The number of hydrogen-bond donors (Lipinski definition) is 0. The third-order valence-electron chi connectivity index (χ3n) is 5.93. The third kappa shape index (κ3) is 3.87. The molecule has 0 unspecified atom stereocenters. The summed E-state index contributed by atoms with van der Waals surface area (Å²) >= 11 is 0. The number of rotatable bonds is 3. The number of piperidine rings is 1. The molecule has 1 fully saturated rings. The van der Waals surface area contributed by atoms with Gasteiger partial charge in [0.25, 0.3) is 5.91 Å². The lowest BCUT2D eigenvalue weighted by atomic mass is 9.95. The molecule has 1 aromatic heterocycles. The van der Waals surface area contributed by atoms with E-state index >= 15 is 0 Å². The Kier molecular flexibility index (Phi) is 5.31. The molecule has 0 atom stereocenters. The summed E-state index contributed by atoms with van der Waals surface area (Å²) in [5.74, 6) is 1.54. The molecular formula is C22H29N5O. The molecule has 3 heterocycles. The summed E-state index contributed by atoms with van der Waals surface area (Å²) in [5, 5.41) is 0. The molecule has 2 aliphatic rings. The molecule has 1 aromatic carbocycles. The topological polar surface area (TPSA) is 52.6 Å². The van der Waals surface area contributed by atoms with Crippen LogP contribution in [-0.4, -0.2) is 66.5 Å². The zero-order valence-electron chi connectivity index (χ0n) is 17.1. The Hall–Kier alpha value is -2.47. The second-order valence-corrected chi connectivity index (χ2v) is 8.20. The first kappa shape index (κ1) is 18.9. The van der Waals surface area contributed by atoms with Crippen LogP contribution in [0.1, 0.15) is 46.2 Å². The Morgan fingerprint density at radius 3 is 2.71 bits per heavy atom. The molecule has 1 amide bonds. The summed E-state index contributed by atoms with van der Waals surface area (Å²) in [4.78, 5) is 28.8. The maximum absolute atomic E-state index is 13.0. The number of hydrogen-bond acceptors (Lipinski definition) is 5. The lowest BCUT2D eigenvalue weighted by Gasteiger charge is -2.30. The number of carbonyl (C=O) groups excluding carboxylic acids is 1. The highest BCUT2D eigenvalue weighted by Gasteiger charge is 2.26. The fourth-order valence-electron chi connectivity index (χ4n) is 4.07. The maximum atomic E-state index is 13.0. The van der Waals surface area contributed by atoms with E-state index in [1.165, 1.54) is 0 Å². The monoisotopic (exact) mass is 379 g/mol. The number of nitrogens with zero attached hydrogens (tertiary/aromatic N) is 5. The lowest BCUT2D eigenvalue weighted by molar-refractivity contribution is 0.0733. The lowest BCUT2D eigenvalue weighted by Crippen LogP contribution is -2.37. The second-order valence-electron chi connectivity index (χ2n) is 8.20. The van der Waals surface area contributed by atoms with Gasteiger partial charge in [0.1, 0.15) is 5.82 Å².